The van der Waals surface area contributed by atoms with Crippen LogP contribution in [-0.4, -0.2) is 38.2 Å². The molecule has 1 aliphatic rings. The minimum atomic E-state index is -2.60. The van der Waals surface area contributed by atoms with Gasteiger partial charge in [-0.15, -0.1) is 0 Å². The molecule has 0 saturated carbocycles. The van der Waals surface area contributed by atoms with Gasteiger partial charge in [0.1, 0.15) is 0 Å². The van der Waals surface area contributed by atoms with E-state index in [2.05, 4.69) is 10.1 Å². The molecule has 2 atom stereocenters. The van der Waals surface area contributed by atoms with Gasteiger partial charge in [0, 0.05) is 12.0 Å². The van der Waals surface area contributed by atoms with Gasteiger partial charge in [-0.1, -0.05) is 13.8 Å². The third kappa shape index (κ3) is 4.08. The lowest BCUT2D eigenvalue weighted by molar-refractivity contribution is -0.141. The maximum Gasteiger partial charge on any atom is 0.319 e. The Labute approximate surface area is 106 Å². The SMILES string of the molecule is COC(=O)CCNC(=O)[C@@H]1O[PH](=O)OCC1(C)C. The molecule has 104 valence electrons. The first kappa shape index (κ1) is 15.1. The van der Waals surface area contributed by atoms with Gasteiger partial charge in [-0.05, 0) is 0 Å². The maximum atomic E-state index is 11.9. The number of rotatable bonds is 4. The monoisotopic (exact) mass is 279 g/mol. The summed E-state index contributed by atoms with van der Waals surface area (Å²) >= 11 is 0. The maximum absolute atomic E-state index is 11.9. The van der Waals surface area contributed by atoms with Gasteiger partial charge in [-0.25, -0.2) is 0 Å². The average Bonchev–Trinajstić information content (AvgIpc) is 2.31. The third-order valence-corrected chi connectivity index (χ3v) is 3.39. The van der Waals surface area contributed by atoms with E-state index in [-0.39, 0.29) is 19.6 Å². The Bertz CT molecular complexity index is 356. The van der Waals surface area contributed by atoms with Crippen LogP contribution in [-0.2, 0) is 27.9 Å². The summed E-state index contributed by atoms with van der Waals surface area (Å²) in [4.78, 5) is 22.7. The summed E-state index contributed by atoms with van der Waals surface area (Å²) < 4.78 is 25.6. The predicted molar refractivity (Wildman–Crippen MR) is 63.3 cm³/mol. The van der Waals surface area contributed by atoms with Crippen LogP contribution in [0.5, 0.6) is 0 Å². The molecule has 1 fully saturated rings. The molecule has 1 unspecified atom stereocenters. The molecule has 0 spiro atoms. The van der Waals surface area contributed by atoms with Crippen LogP contribution in [0, 0.1) is 5.41 Å². The van der Waals surface area contributed by atoms with Crippen LogP contribution in [0.4, 0.5) is 0 Å². The zero-order valence-corrected chi connectivity index (χ0v) is 11.6. The molecule has 1 N–H and O–H groups in total. The summed E-state index contributed by atoms with van der Waals surface area (Å²) in [7, 11) is -1.33. The van der Waals surface area contributed by atoms with Gasteiger partial charge in [-0.2, -0.15) is 0 Å². The normalized spacial score (nSPS) is 26.4. The van der Waals surface area contributed by atoms with E-state index in [1.807, 2.05) is 0 Å². The number of hydrogen-bond donors (Lipinski definition) is 1. The fourth-order valence-electron chi connectivity index (χ4n) is 1.50. The standard InChI is InChI=1S/C10H18NO6P/c1-10(2)6-16-18(14)17-8(10)9(13)11-5-4-7(12)15-3/h8,18H,4-6H2,1-3H3,(H,11,13)/t8-/m0/s1. The lowest BCUT2D eigenvalue weighted by Gasteiger charge is -2.36. The number of carbonyl (C=O) groups is 2. The van der Waals surface area contributed by atoms with E-state index in [4.69, 9.17) is 9.05 Å². The van der Waals surface area contributed by atoms with Crippen molar-refractivity contribution in [2.75, 3.05) is 20.3 Å². The average molecular weight is 279 g/mol. The van der Waals surface area contributed by atoms with E-state index in [0.717, 1.165) is 0 Å². The van der Waals surface area contributed by atoms with Crippen molar-refractivity contribution < 1.29 is 27.9 Å². The Hall–Kier alpha value is -0.910. The minimum absolute atomic E-state index is 0.0844. The van der Waals surface area contributed by atoms with Crippen molar-refractivity contribution in [2.45, 2.75) is 26.4 Å². The molecule has 1 heterocycles. The second-order valence-corrected chi connectivity index (χ2v) is 5.67. The Morgan fingerprint density at radius 1 is 1.50 bits per heavy atom. The zero-order valence-electron chi connectivity index (χ0n) is 10.6. The number of esters is 1. The summed E-state index contributed by atoms with van der Waals surface area (Å²) in [6, 6.07) is 0. The van der Waals surface area contributed by atoms with E-state index in [1.165, 1.54) is 7.11 Å². The Balaban J connectivity index is 2.49. The number of amides is 1. The van der Waals surface area contributed by atoms with E-state index in [0.29, 0.717) is 0 Å². The predicted octanol–water partition coefficient (Wildman–Crippen LogP) is 0.497. The molecule has 18 heavy (non-hydrogen) atoms. The van der Waals surface area contributed by atoms with Gasteiger partial charge in [0.05, 0.1) is 20.1 Å². The fraction of sp³-hybridized carbons (Fsp3) is 0.800. The smallest absolute Gasteiger partial charge is 0.319 e. The van der Waals surface area contributed by atoms with Gasteiger partial charge in [-0.3, -0.25) is 18.7 Å². The summed E-state index contributed by atoms with van der Waals surface area (Å²) in [5.41, 5.74) is -0.562. The van der Waals surface area contributed by atoms with Crippen molar-refractivity contribution in [1.82, 2.24) is 5.32 Å². The molecule has 0 aromatic rings. The van der Waals surface area contributed by atoms with Gasteiger partial charge in [0.15, 0.2) is 6.10 Å². The largest absolute Gasteiger partial charge is 0.469 e. The van der Waals surface area contributed by atoms with Gasteiger partial charge >= 0.3 is 14.2 Å². The first-order chi connectivity index (χ1) is 8.36. The lowest BCUT2D eigenvalue weighted by Crippen LogP contribution is -2.48. The highest BCUT2D eigenvalue weighted by Gasteiger charge is 2.41. The molecule has 8 heteroatoms. The van der Waals surface area contributed by atoms with Gasteiger partial charge in [0.2, 0.25) is 5.91 Å². The fourth-order valence-corrected chi connectivity index (χ4v) is 2.68. The summed E-state index contributed by atoms with van der Waals surface area (Å²) in [6.07, 6.45) is -0.753. The molecule has 1 saturated heterocycles. The Kier molecular flexibility index (Phi) is 5.31. The van der Waals surface area contributed by atoms with Gasteiger partial charge < -0.3 is 14.6 Å². The quantitative estimate of drug-likeness (QED) is 0.595. The minimum Gasteiger partial charge on any atom is -0.469 e. The van der Waals surface area contributed by atoms with Crippen molar-refractivity contribution in [3.05, 3.63) is 0 Å². The zero-order chi connectivity index (χ0) is 13.8. The van der Waals surface area contributed by atoms with E-state index in [9.17, 15) is 14.2 Å². The number of carbonyl (C=O) groups excluding carboxylic acids is 2. The van der Waals surface area contributed by atoms with Crippen molar-refractivity contribution in [3.63, 3.8) is 0 Å². The highest BCUT2D eigenvalue weighted by molar-refractivity contribution is 7.33. The lowest BCUT2D eigenvalue weighted by atomic mass is 9.87. The van der Waals surface area contributed by atoms with Crippen LogP contribution in [0.2, 0.25) is 0 Å². The molecule has 0 aromatic heterocycles. The topological polar surface area (TPSA) is 90.9 Å². The number of methoxy groups -OCH3 is 1. The van der Waals surface area contributed by atoms with Crippen LogP contribution < -0.4 is 5.32 Å². The van der Waals surface area contributed by atoms with E-state index in [1.54, 1.807) is 13.8 Å². The van der Waals surface area contributed by atoms with Crippen LogP contribution in [0.25, 0.3) is 0 Å². The third-order valence-electron chi connectivity index (χ3n) is 2.58. The molecule has 1 rings (SSSR count). The Morgan fingerprint density at radius 3 is 2.78 bits per heavy atom. The number of nitrogens with one attached hydrogen (secondary N) is 1. The van der Waals surface area contributed by atoms with Crippen molar-refractivity contribution >= 4 is 20.1 Å². The molecule has 0 aliphatic carbocycles. The molecular weight excluding hydrogens is 261 g/mol. The van der Waals surface area contributed by atoms with Crippen LogP contribution in [0.3, 0.4) is 0 Å². The first-order valence-corrected chi connectivity index (χ1v) is 6.77. The molecule has 7 nitrogen and oxygen atoms in total. The van der Waals surface area contributed by atoms with Crippen LogP contribution in [0.15, 0.2) is 0 Å². The molecular formula is C10H18NO6P. The molecule has 0 aromatic carbocycles. The van der Waals surface area contributed by atoms with Crippen LogP contribution >= 0.6 is 8.25 Å². The van der Waals surface area contributed by atoms with Crippen LogP contribution in [0.1, 0.15) is 20.3 Å². The molecule has 0 bridgehead atoms. The second kappa shape index (κ2) is 6.31. The number of ether oxygens (including phenoxy) is 1. The van der Waals surface area contributed by atoms with Crippen molar-refractivity contribution in [3.8, 4) is 0 Å². The summed E-state index contributed by atoms with van der Waals surface area (Å²) in [5, 5.41) is 2.55. The molecule has 1 aliphatic heterocycles. The number of hydrogen-bond acceptors (Lipinski definition) is 6. The van der Waals surface area contributed by atoms with E-state index >= 15 is 0 Å². The summed E-state index contributed by atoms with van der Waals surface area (Å²) in [5.74, 6) is -0.804. The molecule has 0 radical (unpaired) electrons. The Morgan fingerprint density at radius 2 is 2.17 bits per heavy atom. The van der Waals surface area contributed by atoms with Crippen molar-refractivity contribution in [2.24, 2.45) is 5.41 Å². The highest BCUT2D eigenvalue weighted by atomic mass is 31.1. The highest BCUT2D eigenvalue weighted by Crippen LogP contribution is 2.41. The van der Waals surface area contributed by atoms with Crippen molar-refractivity contribution in [1.29, 1.82) is 0 Å². The van der Waals surface area contributed by atoms with E-state index < -0.39 is 31.7 Å². The first-order valence-electron chi connectivity index (χ1n) is 5.55. The van der Waals surface area contributed by atoms with Gasteiger partial charge in [0.25, 0.3) is 0 Å². The second-order valence-electron chi connectivity index (χ2n) is 4.64. The summed E-state index contributed by atoms with van der Waals surface area (Å²) in [6.45, 7) is 3.92. The molecule has 1 amide bonds.